The van der Waals surface area contributed by atoms with Gasteiger partial charge in [-0.25, -0.2) is 4.98 Å². The van der Waals surface area contributed by atoms with E-state index in [0.29, 0.717) is 0 Å². The molecule has 0 spiro atoms. The highest BCUT2D eigenvalue weighted by Gasteiger charge is 2.17. The third-order valence-electron chi connectivity index (χ3n) is 4.87. The molecule has 1 saturated heterocycles. The summed E-state index contributed by atoms with van der Waals surface area (Å²) in [4.78, 5) is 22.2. The number of H-pyrrole nitrogens is 1. The molecule has 0 unspecified atom stereocenters. The lowest BCUT2D eigenvalue weighted by Gasteiger charge is -2.27. The van der Waals surface area contributed by atoms with Gasteiger partial charge in [-0.15, -0.1) is 0 Å². The Bertz CT molecular complexity index is 892. The van der Waals surface area contributed by atoms with Crippen molar-refractivity contribution in [3.8, 4) is 11.1 Å². The second-order valence-corrected chi connectivity index (χ2v) is 6.41. The molecule has 4 rings (SSSR count). The average Bonchev–Trinajstić information content (AvgIpc) is 3.10. The van der Waals surface area contributed by atoms with Crippen molar-refractivity contribution in [2.75, 3.05) is 26.2 Å². The zero-order valence-corrected chi connectivity index (χ0v) is 14.4. The van der Waals surface area contributed by atoms with Gasteiger partial charge < -0.3 is 15.2 Å². The number of piperazine rings is 1. The summed E-state index contributed by atoms with van der Waals surface area (Å²) < 4.78 is 0. The fraction of sp³-hybridized carbons (Fsp3) is 0.300. The summed E-state index contributed by atoms with van der Waals surface area (Å²) in [5.74, 6) is 0.112. The van der Waals surface area contributed by atoms with Gasteiger partial charge >= 0.3 is 0 Å². The average molecular weight is 334 g/mol. The van der Waals surface area contributed by atoms with E-state index < -0.39 is 0 Å². The van der Waals surface area contributed by atoms with Crippen LogP contribution in [0.15, 0.2) is 42.7 Å². The molecule has 0 saturated carbocycles. The van der Waals surface area contributed by atoms with Crippen LogP contribution >= 0.6 is 0 Å². The van der Waals surface area contributed by atoms with Crippen LogP contribution < -0.4 is 5.32 Å². The minimum absolute atomic E-state index is 0.112. The monoisotopic (exact) mass is 334 g/mol. The fourth-order valence-electron chi connectivity index (χ4n) is 3.36. The third kappa shape index (κ3) is 3.03. The van der Waals surface area contributed by atoms with Crippen LogP contribution in [0, 0.1) is 0 Å². The Morgan fingerprint density at radius 3 is 2.64 bits per heavy atom. The summed E-state index contributed by atoms with van der Waals surface area (Å²) in [7, 11) is 0. The van der Waals surface area contributed by atoms with Crippen LogP contribution in [0.2, 0.25) is 0 Å². The molecule has 0 aliphatic carbocycles. The van der Waals surface area contributed by atoms with Crippen molar-refractivity contribution in [3.63, 3.8) is 0 Å². The fourth-order valence-corrected chi connectivity index (χ4v) is 3.36. The summed E-state index contributed by atoms with van der Waals surface area (Å²) in [6.45, 7) is 5.42. The molecule has 2 aromatic heterocycles. The van der Waals surface area contributed by atoms with E-state index in [1.165, 1.54) is 10.9 Å². The maximum absolute atomic E-state index is 12.6. The van der Waals surface area contributed by atoms with E-state index in [1.54, 1.807) is 0 Å². The summed E-state index contributed by atoms with van der Waals surface area (Å²) in [5, 5.41) is 4.44. The Hall–Kier alpha value is -2.66. The second-order valence-electron chi connectivity index (χ2n) is 6.41. The molecular weight excluding hydrogens is 312 g/mol. The number of aromatic nitrogens is 2. The van der Waals surface area contributed by atoms with Gasteiger partial charge in [0, 0.05) is 55.1 Å². The quantitative estimate of drug-likeness (QED) is 0.774. The van der Waals surface area contributed by atoms with Gasteiger partial charge in [-0.2, -0.15) is 0 Å². The number of hydrogen-bond acceptors (Lipinski definition) is 3. The van der Waals surface area contributed by atoms with Gasteiger partial charge in [0.25, 0.3) is 5.91 Å². The zero-order valence-electron chi connectivity index (χ0n) is 14.4. The highest BCUT2D eigenvalue weighted by atomic mass is 16.2. The van der Waals surface area contributed by atoms with Gasteiger partial charge in [-0.1, -0.05) is 19.1 Å². The van der Waals surface area contributed by atoms with E-state index in [0.717, 1.165) is 54.9 Å². The van der Waals surface area contributed by atoms with Crippen LogP contribution in [-0.4, -0.2) is 47.0 Å². The lowest BCUT2D eigenvalue weighted by atomic mass is 10.0. The molecule has 1 aromatic carbocycles. The van der Waals surface area contributed by atoms with Gasteiger partial charge in [0.2, 0.25) is 0 Å². The van der Waals surface area contributed by atoms with Gasteiger partial charge in [0.1, 0.15) is 5.65 Å². The van der Waals surface area contributed by atoms with Gasteiger partial charge in [0.05, 0.1) is 0 Å². The van der Waals surface area contributed by atoms with Crippen LogP contribution in [-0.2, 0) is 6.42 Å². The summed E-state index contributed by atoms with van der Waals surface area (Å²) >= 11 is 0. The second kappa shape index (κ2) is 6.69. The number of carbonyl (C=O) groups excluding carboxylic acids is 1. The van der Waals surface area contributed by atoms with Crippen molar-refractivity contribution in [3.05, 3.63) is 53.9 Å². The number of amides is 1. The minimum Gasteiger partial charge on any atom is -0.346 e. The standard InChI is InChI=1S/C20H22N4O/c1-2-14-12-22-19-18(14)11-17(13-23-19)15-3-5-16(6-4-15)20(25)24-9-7-21-8-10-24/h3-6,11-13,21H,2,7-10H2,1H3,(H,22,23). The molecule has 1 fully saturated rings. The van der Waals surface area contributed by atoms with E-state index in [4.69, 9.17) is 0 Å². The molecule has 1 amide bonds. The number of hydrogen-bond donors (Lipinski definition) is 2. The highest BCUT2D eigenvalue weighted by Crippen LogP contribution is 2.25. The Balaban J connectivity index is 1.60. The first kappa shape index (κ1) is 15.8. The van der Waals surface area contributed by atoms with Crippen molar-refractivity contribution in [1.29, 1.82) is 0 Å². The molecule has 0 bridgehead atoms. The number of pyridine rings is 1. The smallest absolute Gasteiger partial charge is 0.253 e. The summed E-state index contributed by atoms with van der Waals surface area (Å²) in [6.07, 6.45) is 4.88. The van der Waals surface area contributed by atoms with Gasteiger partial charge in [-0.05, 0) is 35.7 Å². The molecule has 2 N–H and O–H groups in total. The molecule has 5 heteroatoms. The van der Waals surface area contributed by atoms with Crippen molar-refractivity contribution in [1.82, 2.24) is 20.2 Å². The number of nitrogens with zero attached hydrogens (tertiary/aromatic N) is 2. The summed E-state index contributed by atoms with van der Waals surface area (Å²) in [6, 6.07) is 10.0. The molecule has 25 heavy (non-hydrogen) atoms. The molecule has 1 aliphatic heterocycles. The van der Waals surface area contributed by atoms with Crippen molar-refractivity contribution in [2.24, 2.45) is 0 Å². The Morgan fingerprint density at radius 1 is 1.16 bits per heavy atom. The first-order chi connectivity index (χ1) is 12.3. The Labute approximate surface area is 147 Å². The minimum atomic E-state index is 0.112. The zero-order chi connectivity index (χ0) is 17.2. The summed E-state index contributed by atoms with van der Waals surface area (Å²) in [5.41, 5.74) is 5.09. The lowest BCUT2D eigenvalue weighted by Crippen LogP contribution is -2.46. The molecule has 1 aliphatic rings. The van der Waals surface area contributed by atoms with E-state index in [2.05, 4.69) is 28.3 Å². The number of rotatable bonds is 3. The molecular formula is C20H22N4O. The first-order valence-corrected chi connectivity index (χ1v) is 8.82. The van der Waals surface area contributed by atoms with Crippen LogP contribution in [0.3, 0.4) is 0 Å². The number of nitrogens with one attached hydrogen (secondary N) is 2. The molecule has 3 heterocycles. The highest BCUT2D eigenvalue weighted by molar-refractivity contribution is 5.95. The number of benzene rings is 1. The van der Waals surface area contributed by atoms with Crippen LogP contribution in [0.4, 0.5) is 0 Å². The molecule has 3 aromatic rings. The topological polar surface area (TPSA) is 61.0 Å². The van der Waals surface area contributed by atoms with E-state index >= 15 is 0 Å². The molecule has 128 valence electrons. The number of aryl methyl sites for hydroxylation is 1. The number of aromatic amines is 1. The number of fused-ring (bicyclic) bond motifs is 1. The van der Waals surface area contributed by atoms with Crippen LogP contribution in [0.1, 0.15) is 22.8 Å². The maximum atomic E-state index is 12.6. The van der Waals surface area contributed by atoms with E-state index in [9.17, 15) is 4.79 Å². The van der Waals surface area contributed by atoms with E-state index in [-0.39, 0.29) is 5.91 Å². The van der Waals surface area contributed by atoms with Crippen LogP contribution in [0.25, 0.3) is 22.2 Å². The Morgan fingerprint density at radius 2 is 1.92 bits per heavy atom. The normalized spacial score (nSPS) is 14.8. The molecule has 0 radical (unpaired) electrons. The SMILES string of the molecule is CCc1c[nH]c2ncc(-c3ccc(C(=O)N4CCNCC4)cc3)cc12. The molecule has 5 nitrogen and oxygen atoms in total. The van der Waals surface area contributed by atoms with Crippen LogP contribution in [0.5, 0.6) is 0 Å². The molecule has 0 atom stereocenters. The number of carbonyl (C=O) groups is 1. The van der Waals surface area contributed by atoms with Crippen molar-refractivity contribution in [2.45, 2.75) is 13.3 Å². The maximum Gasteiger partial charge on any atom is 0.253 e. The predicted octanol–water partition coefficient (Wildman–Crippen LogP) is 2.84. The van der Waals surface area contributed by atoms with Crippen molar-refractivity contribution < 1.29 is 4.79 Å². The largest absolute Gasteiger partial charge is 0.346 e. The first-order valence-electron chi connectivity index (χ1n) is 8.82. The third-order valence-corrected chi connectivity index (χ3v) is 4.87. The van der Waals surface area contributed by atoms with Gasteiger partial charge in [-0.3, -0.25) is 4.79 Å². The Kier molecular flexibility index (Phi) is 4.24. The van der Waals surface area contributed by atoms with Crippen molar-refractivity contribution >= 4 is 16.9 Å². The predicted molar refractivity (Wildman–Crippen MR) is 99.7 cm³/mol. The van der Waals surface area contributed by atoms with E-state index in [1.807, 2.05) is 41.6 Å². The van der Waals surface area contributed by atoms with Gasteiger partial charge in [0.15, 0.2) is 0 Å². The lowest BCUT2D eigenvalue weighted by molar-refractivity contribution is 0.0736.